The van der Waals surface area contributed by atoms with Crippen LogP contribution in [0.4, 0.5) is 0 Å². The van der Waals surface area contributed by atoms with Crippen LogP contribution in [-0.2, 0) is 14.3 Å². The number of allylic oxidation sites excluding steroid dienone is 1. The van der Waals surface area contributed by atoms with E-state index in [1.165, 1.54) is 28.9 Å². The van der Waals surface area contributed by atoms with Crippen LogP contribution in [0, 0.1) is 0 Å². The average molecular weight is 543 g/mol. The van der Waals surface area contributed by atoms with Crippen molar-refractivity contribution in [3.8, 4) is 5.75 Å². The Labute approximate surface area is 220 Å². The van der Waals surface area contributed by atoms with Crippen LogP contribution in [0.3, 0.4) is 0 Å². The van der Waals surface area contributed by atoms with Crippen LogP contribution in [0.2, 0.25) is 10.0 Å². The van der Waals surface area contributed by atoms with Gasteiger partial charge in [-0.2, -0.15) is 0 Å². The number of hydrogen-bond acceptors (Lipinski definition) is 7. The summed E-state index contributed by atoms with van der Waals surface area (Å²) in [6, 6.07) is 10.8. The van der Waals surface area contributed by atoms with Crippen molar-refractivity contribution in [1.29, 1.82) is 0 Å². The summed E-state index contributed by atoms with van der Waals surface area (Å²) in [5.41, 5.74) is 1.64. The summed E-state index contributed by atoms with van der Waals surface area (Å²) in [5.74, 6) is -0.721. The van der Waals surface area contributed by atoms with E-state index in [-0.39, 0.29) is 17.7 Å². The first kappa shape index (κ1) is 25.6. The number of benzene rings is 2. The van der Waals surface area contributed by atoms with Gasteiger partial charge < -0.3 is 9.47 Å². The standard InChI is InChI=1S/C26H20Cl2N2O5S/c1-4-11-34-25(33)22-14(2)29-26-30(23(22)17-6-8-18(9-7-17)35-15(3)31)24(32)21(36-26)13-16-5-10-19(27)20(28)12-16/h4-10,12-13,23H,1,11H2,2-3H3/b21-13-/t23-/m1/s1. The van der Waals surface area contributed by atoms with E-state index in [1.807, 2.05) is 0 Å². The molecule has 0 fully saturated rings. The van der Waals surface area contributed by atoms with Gasteiger partial charge in [-0.25, -0.2) is 9.79 Å². The number of carbonyl (C=O) groups excluding carboxylic acids is 2. The van der Waals surface area contributed by atoms with Gasteiger partial charge in [-0.05, 0) is 48.4 Å². The van der Waals surface area contributed by atoms with Crippen LogP contribution < -0.4 is 19.6 Å². The Morgan fingerprint density at radius 3 is 2.53 bits per heavy atom. The van der Waals surface area contributed by atoms with E-state index in [0.29, 0.717) is 42.0 Å². The van der Waals surface area contributed by atoms with Crippen molar-refractivity contribution in [2.75, 3.05) is 6.61 Å². The zero-order valence-corrected chi connectivity index (χ0v) is 21.6. The molecule has 1 aliphatic heterocycles. The Bertz CT molecular complexity index is 1590. The molecule has 0 saturated carbocycles. The molecular formula is C26H20Cl2N2O5S. The molecule has 36 heavy (non-hydrogen) atoms. The van der Waals surface area contributed by atoms with Gasteiger partial charge in [-0.3, -0.25) is 14.2 Å². The van der Waals surface area contributed by atoms with Crippen LogP contribution in [-0.4, -0.2) is 23.1 Å². The lowest BCUT2D eigenvalue weighted by atomic mass is 9.96. The highest BCUT2D eigenvalue weighted by atomic mass is 35.5. The second-order valence-corrected chi connectivity index (χ2v) is 9.63. The molecule has 0 saturated heterocycles. The molecule has 0 spiro atoms. The molecule has 10 heteroatoms. The van der Waals surface area contributed by atoms with Crippen LogP contribution >= 0.6 is 34.5 Å². The average Bonchev–Trinajstić information content (AvgIpc) is 3.13. The summed E-state index contributed by atoms with van der Waals surface area (Å²) in [4.78, 5) is 42.9. The molecule has 7 nitrogen and oxygen atoms in total. The van der Waals surface area contributed by atoms with E-state index in [1.54, 1.807) is 55.5 Å². The summed E-state index contributed by atoms with van der Waals surface area (Å²) in [7, 11) is 0. The lowest BCUT2D eigenvalue weighted by Gasteiger charge is -2.24. The molecule has 184 valence electrons. The number of fused-ring (bicyclic) bond motifs is 1. The van der Waals surface area contributed by atoms with E-state index in [2.05, 4.69) is 11.6 Å². The topological polar surface area (TPSA) is 87.0 Å². The zero-order valence-electron chi connectivity index (χ0n) is 19.3. The molecule has 1 aromatic heterocycles. The number of hydrogen-bond donors (Lipinski definition) is 0. The fourth-order valence-electron chi connectivity index (χ4n) is 3.75. The molecule has 3 aromatic rings. The number of thiazole rings is 1. The number of nitrogens with zero attached hydrogens (tertiary/aromatic N) is 2. The SMILES string of the molecule is C=CCOC(=O)C1=C(C)N=c2s/c(=C\c3ccc(Cl)c(Cl)c3)c(=O)n2[C@@H]1c1ccc(OC(C)=O)cc1. The molecule has 1 atom stereocenters. The van der Waals surface area contributed by atoms with Gasteiger partial charge in [0.1, 0.15) is 12.4 Å². The molecular weight excluding hydrogens is 523 g/mol. The minimum atomic E-state index is -0.805. The normalized spacial score (nSPS) is 15.2. The Morgan fingerprint density at radius 2 is 1.89 bits per heavy atom. The predicted molar refractivity (Wildman–Crippen MR) is 139 cm³/mol. The Balaban J connectivity index is 1.89. The van der Waals surface area contributed by atoms with Gasteiger partial charge in [0.25, 0.3) is 5.56 Å². The Morgan fingerprint density at radius 1 is 1.17 bits per heavy atom. The monoisotopic (exact) mass is 542 g/mol. The Hall–Kier alpha value is -3.46. The number of carbonyl (C=O) groups is 2. The van der Waals surface area contributed by atoms with Crippen molar-refractivity contribution in [3.63, 3.8) is 0 Å². The maximum atomic E-state index is 13.6. The molecule has 0 bridgehead atoms. The first-order chi connectivity index (χ1) is 17.2. The van der Waals surface area contributed by atoms with Gasteiger partial charge in [0.15, 0.2) is 4.80 Å². The molecule has 0 amide bonds. The van der Waals surface area contributed by atoms with E-state index < -0.39 is 18.0 Å². The zero-order chi connectivity index (χ0) is 26.0. The minimum Gasteiger partial charge on any atom is -0.458 e. The van der Waals surface area contributed by atoms with E-state index in [0.717, 1.165) is 0 Å². The van der Waals surface area contributed by atoms with E-state index in [9.17, 15) is 14.4 Å². The second kappa shape index (κ2) is 10.7. The number of esters is 2. The fourth-order valence-corrected chi connectivity index (χ4v) is 5.10. The number of rotatable bonds is 6. The smallest absolute Gasteiger partial charge is 0.338 e. The van der Waals surface area contributed by atoms with Crippen molar-refractivity contribution >= 4 is 52.6 Å². The summed E-state index contributed by atoms with van der Waals surface area (Å²) in [6.45, 7) is 6.59. The highest BCUT2D eigenvalue weighted by Gasteiger charge is 2.33. The quantitative estimate of drug-likeness (QED) is 0.264. The predicted octanol–water partition coefficient (Wildman–Crippen LogP) is 4.20. The fraction of sp³-hybridized carbons (Fsp3) is 0.154. The van der Waals surface area contributed by atoms with Crippen molar-refractivity contribution in [1.82, 2.24) is 4.57 Å². The van der Waals surface area contributed by atoms with Crippen molar-refractivity contribution < 1.29 is 19.1 Å². The van der Waals surface area contributed by atoms with Gasteiger partial charge in [-0.1, -0.05) is 65.4 Å². The van der Waals surface area contributed by atoms with Gasteiger partial charge in [0, 0.05) is 6.92 Å². The lowest BCUT2D eigenvalue weighted by molar-refractivity contribution is -0.138. The van der Waals surface area contributed by atoms with Crippen LogP contribution in [0.25, 0.3) is 6.08 Å². The highest BCUT2D eigenvalue weighted by molar-refractivity contribution is 7.07. The molecule has 2 heterocycles. The van der Waals surface area contributed by atoms with Crippen LogP contribution in [0.5, 0.6) is 5.75 Å². The van der Waals surface area contributed by atoms with Crippen molar-refractivity contribution in [2.45, 2.75) is 19.9 Å². The number of halogens is 2. The van der Waals surface area contributed by atoms with Crippen LogP contribution in [0.1, 0.15) is 31.0 Å². The molecule has 0 aliphatic carbocycles. The molecule has 4 rings (SSSR count). The molecule has 2 aromatic carbocycles. The number of aromatic nitrogens is 1. The third-order valence-electron chi connectivity index (χ3n) is 5.27. The Kier molecular flexibility index (Phi) is 7.59. The lowest BCUT2D eigenvalue weighted by Crippen LogP contribution is -2.39. The molecule has 0 N–H and O–H groups in total. The molecule has 1 aliphatic rings. The molecule has 0 radical (unpaired) electrons. The third kappa shape index (κ3) is 5.21. The molecule has 0 unspecified atom stereocenters. The van der Waals surface area contributed by atoms with E-state index in [4.69, 9.17) is 32.7 Å². The largest absolute Gasteiger partial charge is 0.458 e. The summed E-state index contributed by atoms with van der Waals surface area (Å²) >= 11 is 13.3. The van der Waals surface area contributed by atoms with Gasteiger partial charge >= 0.3 is 11.9 Å². The summed E-state index contributed by atoms with van der Waals surface area (Å²) in [6.07, 6.45) is 3.16. The van der Waals surface area contributed by atoms with Crippen LogP contribution in [0.15, 0.2) is 76.2 Å². The second-order valence-electron chi connectivity index (χ2n) is 7.81. The first-order valence-electron chi connectivity index (χ1n) is 10.7. The minimum absolute atomic E-state index is 0.00939. The van der Waals surface area contributed by atoms with Crippen molar-refractivity contribution in [3.05, 3.63) is 107 Å². The number of ether oxygens (including phenoxy) is 2. The van der Waals surface area contributed by atoms with E-state index >= 15 is 0 Å². The third-order valence-corrected chi connectivity index (χ3v) is 6.99. The first-order valence-corrected chi connectivity index (χ1v) is 12.3. The maximum absolute atomic E-state index is 13.6. The summed E-state index contributed by atoms with van der Waals surface area (Å²) in [5, 5.41) is 0.776. The van der Waals surface area contributed by atoms with Gasteiger partial charge in [-0.15, -0.1) is 0 Å². The summed E-state index contributed by atoms with van der Waals surface area (Å²) < 4.78 is 12.3. The van der Waals surface area contributed by atoms with Gasteiger partial charge in [0.05, 0.1) is 31.9 Å². The van der Waals surface area contributed by atoms with Crippen molar-refractivity contribution in [2.24, 2.45) is 4.99 Å². The maximum Gasteiger partial charge on any atom is 0.338 e. The van der Waals surface area contributed by atoms with Gasteiger partial charge in [0.2, 0.25) is 0 Å². The highest BCUT2D eigenvalue weighted by Crippen LogP contribution is 2.31.